The Bertz CT molecular complexity index is 1140. The highest BCUT2D eigenvalue weighted by molar-refractivity contribution is 7.87. The molecule has 0 heterocycles. The van der Waals surface area contributed by atoms with Crippen molar-refractivity contribution in [1.82, 2.24) is 4.90 Å². The molecule has 3 aromatic carbocycles. The van der Waals surface area contributed by atoms with Crippen LogP contribution in [0.3, 0.4) is 0 Å². The van der Waals surface area contributed by atoms with E-state index in [4.69, 9.17) is 4.18 Å². The average molecular weight is 452 g/mol. The second-order valence-electron chi connectivity index (χ2n) is 8.10. The quantitative estimate of drug-likeness (QED) is 0.410. The van der Waals surface area contributed by atoms with Gasteiger partial charge in [-0.2, -0.15) is 8.42 Å². The standard InChI is InChI=1S/C26H29NO4S/c1-4-32(29,30)31-25-12-8-9-21(17-25)19-27(18-20(2)3)26(28)24-15-13-23(14-16-24)22-10-6-5-7-11-22/h5-17,20H,4,18-19H2,1-3H3. The molecule has 0 spiro atoms. The van der Waals surface area contributed by atoms with Crippen molar-refractivity contribution in [3.05, 3.63) is 90.0 Å². The zero-order chi connectivity index (χ0) is 23.1. The summed E-state index contributed by atoms with van der Waals surface area (Å²) >= 11 is 0. The molecular weight excluding hydrogens is 422 g/mol. The Kier molecular flexibility index (Phi) is 7.70. The number of hydrogen-bond acceptors (Lipinski definition) is 4. The van der Waals surface area contributed by atoms with Crippen LogP contribution in [0.4, 0.5) is 0 Å². The van der Waals surface area contributed by atoms with Gasteiger partial charge in [0.25, 0.3) is 5.91 Å². The van der Waals surface area contributed by atoms with Gasteiger partial charge in [-0.3, -0.25) is 4.79 Å². The highest BCUT2D eigenvalue weighted by atomic mass is 32.2. The molecule has 6 heteroatoms. The predicted octanol–water partition coefficient (Wildman–Crippen LogP) is 5.38. The first-order chi connectivity index (χ1) is 15.3. The van der Waals surface area contributed by atoms with Crippen LogP contribution in [0.15, 0.2) is 78.9 Å². The Hall–Kier alpha value is -3.12. The molecule has 0 aromatic heterocycles. The molecule has 0 aliphatic heterocycles. The maximum atomic E-state index is 13.3. The predicted molar refractivity (Wildman–Crippen MR) is 128 cm³/mol. The van der Waals surface area contributed by atoms with Crippen molar-refractivity contribution in [3.8, 4) is 16.9 Å². The van der Waals surface area contributed by atoms with Gasteiger partial charge in [-0.25, -0.2) is 0 Å². The van der Waals surface area contributed by atoms with Crippen molar-refractivity contribution in [3.63, 3.8) is 0 Å². The van der Waals surface area contributed by atoms with Gasteiger partial charge in [-0.15, -0.1) is 0 Å². The summed E-state index contributed by atoms with van der Waals surface area (Å²) in [4.78, 5) is 15.1. The summed E-state index contributed by atoms with van der Waals surface area (Å²) in [5.41, 5.74) is 3.58. The summed E-state index contributed by atoms with van der Waals surface area (Å²) in [5, 5.41) is 0. The van der Waals surface area contributed by atoms with Crippen LogP contribution in [0.2, 0.25) is 0 Å². The van der Waals surface area contributed by atoms with Crippen LogP contribution < -0.4 is 4.18 Å². The first kappa shape index (κ1) is 23.5. The van der Waals surface area contributed by atoms with E-state index in [9.17, 15) is 13.2 Å². The van der Waals surface area contributed by atoms with Gasteiger partial charge in [-0.05, 0) is 53.8 Å². The Morgan fingerprint density at radius 3 is 2.19 bits per heavy atom. The summed E-state index contributed by atoms with van der Waals surface area (Å²) in [5.74, 6) is 0.371. The minimum atomic E-state index is -3.60. The van der Waals surface area contributed by atoms with E-state index in [1.54, 1.807) is 23.1 Å². The van der Waals surface area contributed by atoms with E-state index in [0.29, 0.717) is 18.7 Å². The van der Waals surface area contributed by atoms with Crippen molar-refractivity contribution in [1.29, 1.82) is 0 Å². The van der Waals surface area contributed by atoms with Crippen LogP contribution >= 0.6 is 0 Å². The molecule has 0 saturated heterocycles. The van der Waals surface area contributed by atoms with Crippen LogP contribution in [0.5, 0.6) is 5.75 Å². The van der Waals surface area contributed by atoms with Crippen molar-refractivity contribution < 1.29 is 17.4 Å². The number of benzene rings is 3. The van der Waals surface area contributed by atoms with E-state index < -0.39 is 10.1 Å². The first-order valence-electron chi connectivity index (χ1n) is 10.7. The fourth-order valence-electron chi connectivity index (χ4n) is 3.40. The molecular formula is C26H29NO4S. The second-order valence-corrected chi connectivity index (χ2v) is 9.96. The highest BCUT2D eigenvalue weighted by Gasteiger charge is 2.18. The number of nitrogens with zero attached hydrogens (tertiary/aromatic N) is 1. The monoisotopic (exact) mass is 451 g/mol. The molecule has 3 aromatic rings. The molecule has 1 amide bonds. The van der Waals surface area contributed by atoms with Gasteiger partial charge in [0.2, 0.25) is 0 Å². The Balaban J connectivity index is 1.80. The maximum Gasteiger partial charge on any atom is 0.308 e. The number of rotatable bonds is 9. The van der Waals surface area contributed by atoms with Gasteiger partial charge in [0.1, 0.15) is 5.75 Å². The number of amides is 1. The summed E-state index contributed by atoms with van der Waals surface area (Å²) in [6, 6.07) is 24.5. The largest absolute Gasteiger partial charge is 0.382 e. The third-order valence-corrected chi connectivity index (χ3v) is 6.11. The third kappa shape index (κ3) is 6.44. The minimum absolute atomic E-state index is 0.0641. The first-order valence-corrected chi connectivity index (χ1v) is 12.3. The van der Waals surface area contributed by atoms with Crippen LogP contribution in [0.25, 0.3) is 11.1 Å². The topological polar surface area (TPSA) is 63.7 Å². The molecule has 0 radical (unpaired) electrons. The molecule has 0 aliphatic carbocycles. The maximum absolute atomic E-state index is 13.3. The van der Waals surface area contributed by atoms with E-state index >= 15 is 0 Å². The highest BCUT2D eigenvalue weighted by Crippen LogP contribution is 2.22. The molecule has 0 aliphatic rings. The Morgan fingerprint density at radius 2 is 1.56 bits per heavy atom. The van der Waals surface area contributed by atoms with E-state index in [-0.39, 0.29) is 23.3 Å². The van der Waals surface area contributed by atoms with Crippen LogP contribution in [-0.2, 0) is 16.7 Å². The molecule has 32 heavy (non-hydrogen) atoms. The van der Waals surface area contributed by atoms with Gasteiger partial charge in [0.05, 0.1) is 5.75 Å². The Morgan fingerprint density at radius 1 is 0.906 bits per heavy atom. The van der Waals surface area contributed by atoms with E-state index in [1.807, 2.05) is 60.7 Å². The molecule has 5 nitrogen and oxygen atoms in total. The fraction of sp³-hybridized carbons (Fsp3) is 0.269. The number of hydrogen-bond donors (Lipinski definition) is 0. The SMILES string of the molecule is CCS(=O)(=O)Oc1cccc(CN(CC(C)C)C(=O)c2ccc(-c3ccccc3)cc2)c1. The normalized spacial score (nSPS) is 11.4. The molecule has 168 valence electrons. The van der Waals surface area contributed by atoms with Crippen molar-refractivity contribution in [2.45, 2.75) is 27.3 Å². The molecule has 0 N–H and O–H groups in total. The summed E-state index contributed by atoms with van der Waals surface area (Å²) < 4.78 is 28.7. The summed E-state index contributed by atoms with van der Waals surface area (Å²) in [6.45, 7) is 6.60. The summed E-state index contributed by atoms with van der Waals surface area (Å²) in [7, 11) is -3.60. The lowest BCUT2D eigenvalue weighted by Gasteiger charge is -2.25. The zero-order valence-electron chi connectivity index (χ0n) is 18.7. The van der Waals surface area contributed by atoms with E-state index in [1.165, 1.54) is 6.92 Å². The van der Waals surface area contributed by atoms with Gasteiger partial charge in [0, 0.05) is 18.7 Å². The second kappa shape index (κ2) is 10.5. The zero-order valence-corrected chi connectivity index (χ0v) is 19.5. The molecule has 0 bridgehead atoms. The van der Waals surface area contributed by atoms with Crippen LogP contribution in [-0.4, -0.2) is 31.5 Å². The molecule has 0 unspecified atom stereocenters. The average Bonchev–Trinajstić information content (AvgIpc) is 2.78. The minimum Gasteiger partial charge on any atom is -0.382 e. The van der Waals surface area contributed by atoms with Crippen LogP contribution in [0.1, 0.15) is 36.7 Å². The smallest absolute Gasteiger partial charge is 0.308 e. The fourth-order valence-corrected chi connectivity index (χ4v) is 3.91. The lowest BCUT2D eigenvalue weighted by molar-refractivity contribution is 0.0722. The van der Waals surface area contributed by atoms with Crippen LogP contribution in [0, 0.1) is 5.92 Å². The molecule has 0 saturated carbocycles. The van der Waals surface area contributed by atoms with E-state index in [0.717, 1.165) is 16.7 Å². The van der Waals surface area contributed by atoms with Gasteiger partial charge in [-0.1, -0.05) is 68.4 Å². The third-order valence-electron chi connectivity index (χ3n) is 4.96. The van der Waals surface area contributed by atoms with Gasteiger partial charge >= 0.3 is 10.1 Å². The molecule has 3 rings (SSSR count). The lowest BCUT2D eigenvalue weighted by Crippen LogP contribution is -2.33. The van der Waals surface area contributed by atoms with Crippen molar-refractivity contribution >= 4 is 16.0 Å². The number of carbonyl (C=O) groups excluding carboxylic acids is 1. The Labute approximate surface area is 190 Å². The van der Waals surface area contributed by atoms with Crippen molar-refractivity contribution in [2.24, 2.45) is 5.92 Å². The summed E-state index contributed by atoms with van der Waals surface area (Å²) in [6.07, 6.45) is 0. The van der Waals surface area contributed by atoms with Gasteiger partial charge < -0.3 is 9.08 Å². The van der Waals surface area contributed by atoms with Crippen molar-refractivity contribution in [2.75, 3.05) is 12.3 Å². The van der Waals surface area contributed by atoms with Gasteiger partial charge in [0.15, 0.2) is 0 Å². The lowest BCUT2D eigenvalue weighted by atomic mass is 10.0. The van der Waals surface area contributed by atoms with E-state index in [2.05, 4.69) is 13.8 Å². The molecule has 0 fully saturated rings. The number of carbonyl (C=O) groups is 1. The molecule has 0 atom stereocenters.